The molecule has 0 spiro atoms. The third kappa shape index (κ3) is 3.30. The van der Waals surface area contributed by atoms with Crippen LogP contribution in [-0.2, 0) is 13.6 Å². The van der Waals surface area contributed by atoms with Gasteiger partial charge in [0, 0.05) is 11.5 Å². The molecule has 0 amide bonds. The molecule has 1 atom stereocenters. The van der Waals surface area contributed by atoms with Crippen LogP contribution in [0.1, 0.15) is 41.5 Å². The van der Waals surface area contributed by atoms with Gasteiger partial charge in [-0.3, -0.25) is 0 Å². The molecule has 1 aromatic carbocycles. The lowest BCUT2D eigenvalue weighted by molar-refractivity contribution is -0.195. The van der Waals surface area contributed by atoms with Gasteiger partial charge in [0.1, 0.15) is 0 Å². The highest BCUT2D eigenvalue weighted by atomic mass is 28.4. The van der Waals surface area contributed by atoms with Gasteiger partial charge < -0.3 is 13.6 Å². The lowest BCUT2D eigenvalue weighted by atomic mass is 9.74. The molecule has 1 aromatic rings. The molecule has 0 aliphatic carbocycles. The lowest BCUT2D eigenvalue weighted by Gasteiger charge is -2.53. The van der Waals surface area contributed by atoms with E-state index < -0.39 is 8.56 Å². The Bertz CT molecular complexity index is 482. The normalized spacial score (nSPS) is 20.5. The van der Waals surface area contributed by atoms with Crippen LogP contribution in [0, 0.1) is 5.41 Å². The van der Waals surface area contributed by atoms with Crippen LogP contribution in [-0.4, -0.2) is 33.5 Å². The van der Waals surface area contributed by atoms with Crippen LogP contribution in [0.15, 0.2) is 30.3 Å². The van der Waals surface area contributed by atoms with Gasteiger partial charge in [0.05, 0.1) is 18.8 Å². The maximum Gasteiger partial charge on any atom is 0.372 e. The molecule has 0 radical (unpaired) electrons. The van der Waals surface area contributed by atoms with E-state index in [1.165, 1.54) is 5.19 Å². The molecule has 1 fully saturated rings. The molecule has 1 aliphatic heterocycles. The molecular weight excluding hydrogens is 292 g/mol. The SMILES string of the molecule is CC[Si](OC(C)C)(OC(C)(C)C1(C)COC1)c1ccccc1. The van der Waals surface area contributed by atoms with Crippen LogP contribution in [0.3, 0.4) is 0 Å². The van der Waals surface area contributed by atoms with E-state index in [1.807, 2.05) is 6.07 Å². The van der Waals surface area contributed by atoms with Gasteiger partial charge >= 0.3 is 8.56 Å². The summed E-state index contributed by atoms with van der Waals surface area (Å²) in [6.07, 6.45) is 0.146. The third-order valence-electron chi connectivity index (χ3n) is 4.82. The summed E-state index contributed by atoms with van der Waals surface area (Å²) in [5.74, 6) is 0. The third-order valence-corrected chi connectivity index (χ3v) is 8.66. The Labute approximate surface area is 136 Å². The highest BCUT2D eigenvalue weighted by Gasteiger charge is 2.53. The van der Waals surface area contributed by atoms with Gasteiger partial charge in [0.2, 0.25) is 0 Å². The van der Waals surface area contributed by atoms with Gasteiger partial charge in [-0.05, 0) is 38.9 Å². The van der Waals surface area contributed by atoms with Crippen molar-refractivity contribution in [3.05, 3.63) is 30.3 Å². The lowest BCUT2D eigenvalue weighted by Crippen LogP contribution is -2.65. The topological polar surface area (TPSA) is 27.7 Å². The molecule has 0 aromatic heterocycles. The first-order valence-electron chi connectivity index (χ1n) is 8.26. The number of hydrogen-bond donors (Lipinski definition) is 0. The van der Waals surface area contributed by atoms with Gasteiger partial charge in [0.15, 0.2) is 0 Å². The molecule has 0 N–H and O–H groups in total. The summed E-state index contributed by atoms with van der Waals surface area (Å²) in [6, 6.07) is 11.4. The number of rotatable bonds is 7. The Morgan fingerprint density at radius 3 is 2.23 bits per heavy atom. The summed E-state index contributed by atoms with van der Waals surface area (Å²) < 4.78 is 18.7. The van der Waals surface area contributed by atoms with Crippen LogP contribution in [0.2, 0.25) is 6.04 Å². The van der Waals surface area contributed by atoms with Gasteiger partial charge in [-0.2, -0.15) is 0 Å². The number of benzene rings is 1. The second-order valence-electron chi connectivity index (χ2n) is 7.30. The fourth-order valence-corrected chi connectivity index (χ4v) is 6.43. The fraction of sp³-hybridized carbons (Fsp3) is 0.667. The van der Waals surface area contributed by atoms with E-state index in [0.717, 1.165) is 19.3 Å². The Hall–Kier alpha value is -0.683. The van der Waals surface area contributed by atoms with E-state index in [9.17, 15) is 0 Å². The summed E-state index contributed by atoms with van der Waals surface area (Å²) in [7, 11) is -2.49. The summed E-state index contributed by atoms with van der Waals surface area (Å²) >= 11 is 0. The molecule has 1 heterocycles. The molecule has 22 heavy (non-hydrogen) atoms. The Morgan fingerprint density at radius 2 is 1.82 bits per heavy atom. The van der Waals surface area contributed by atoms with Crippen molar-refractivity contribution < 1.29 is 13.6 Å². The maximum atomic E-state index is 6.82. The summed E-state index contributed by atoms with van der Waals surface area (Å²) in [6.45, 7) is 14.5. The number of hydrogen-bond acceptors (Lipinski definition) is 3. The minimum absolute atomic E-state index is 0.0511. The van der Waals surface area contributed by atoms with Crippen molar-refractivity contribution in [2.24, 2.45) is 5.41 Å². The van der Waals surface area contributed by atoms with E-state index in [0.29, 0.717) is 0 Å². The summed E-state index contributed by atoms with van der Waals surface area (Å²) in [4.78, 5) is 0. The van der Waals surface area contributed by atoms with Crippen LogP contribution in [0.5, 0.6) is 0 Å². The molecule has 1 unspecified atom stereocenters. The van der Waals surface area contributed by atoms with Crippen molar-refractivity contribution in [2.75, 3.05) is 13.2 Å². The average Bonchev–Trinajstić information content (AvgIpc) is 2.44. The van der Waals surface area contributed by atoms with Crippen molar-refractivity contribution in [1.29, 1.82) is 0 Å². The molecule has 0 bridgehead atoms. The van der Waals surface area contributed by atoms with Crippen molar-refractivity contribution in [2.45, 2.75) is 59.3 Å². The van der Waals surface area contributed by atoms with Gasteiger partial charge in [-0.25, -0.2) is 0 Å². The zero-order valence-electron chi connectivity index (χ0n) is 14.8. The van der Waals surface area contributed by atoms with Gasteiger partial charge in [0.25, 0.3) is 0 Å². The predicted molar refractivity (Wildman–Crippen MR) is 92.6 cm³/mol. The predicted octanol–water partition coefficient (Wildman–Crippen LogP) is 3.61. The maximum absolute atomic E-state index is 6.82. The quantitative estimate of drug-likeness (QED) is 0.718. The molecule has 0 saturated carbocycles. The van der Waals surface area contributed by atoms with Crippen LogP contribution >= 0.6 is 0 Å². The molecule has 4 heteroatoms. The minimum atomic E-state index is -2.49. The zero-order valence-corrected chi connectivity index (χ0v) is 15.8. The Morgan fingerprint density at radius 1 is 1.23 bits per heavy atom. The number of ether oxygens (including phenoxy) is 1. The van der Waals surface area contributed by atoms with Gasteiger partial charge in [-0.15, -0.1) is 0 Å². The average molecular weight is 323 g/mol. The summed E-state index contributed by atoms with van der Waals surface area (Å²) in [5, 5.41) is 1.21. The fourth-order valence-electron chi connectivity index (χ4n) is 2.87. The Kier molecular flexibility index (Phi) is 5.17. The van der Waals surface area contributed by atoms with Crippen molar-refractivity contribution >= 4 is 13.7 Å². The molecule has 3 nitrogen and oxygen atoms in total. The molecule has 1 aliphatic rings. The van der Waals surface area contributed by atoms with E-state index in [1.54, 1.807) is 0 Å². The second-order valence-corrected chi connectivity index (χ2v) is 10.5. The first-order chi connectivity index (χ1) is 10.2. The molecule has 2 rings (SSSR count). The van der Waals surface area contributed by atoms with E-state index in [-0.39, 0.29) is 17.1 Å². The second kappa shape index (κ2) is 6.44. The van der Waals surface area contributed by atoms with Crippen LogP contribution in [0.25, 0.3) is 0 Å². The van der Waals surface area contributed by atoms with Gasteiger partial charge in [-0.1, -0.05) is 44.2 Å². The highest BCUT2D eigenvalue weighted by molar-refractivity contribution is 6.81. The van der Waals surface area contributed by atoms with Crippen molar-refractivity contribution in [3.63, 3.8) is 0 Å². The van der Waals surface area contributed by atoms with E-state index >= 15 is 0 Å². The summed E-state index contributed by atoms with van der Waals surface area (Å²) in [5.41, 5.74) is -0.228. The van der Waals surface area contributed by atoms with Crippen LogP contribution in [0.4, 0.5) is 0 Å². The Balaban J connectivity index is 2.36. The van der Waals surface area contributed by atoms with Crippen LogP contribution < -0.4 is 5.19 Å². The minimum Gasteiger partial charge on any atom is -0.388 e. The van der Waals surface area contributed by atoms with E-state index in [2.05, 4.69) is 65.8 Å². The van der Waals surface area contributed by atoms with Crippen molar-refractivity contribution in [1.82, 2.24) is 0 Å². The standard InChI is InChI=1S/C18H30O3Si/c1-7-22(20-15(2)3,16-11-9-8-10-12-16)21-17(4,5)18(6)13-19-14-18/h8-12,15H,7,13-14H2,1-6H3. The molecule has 1 saturated heterocycles. The first-order valence-corrected chi connectivity index (χ1v) is 10.3. The van der Waals surface area contributed by atoms with Crippen molar-refractivity contribution in [3.8, 4) is 0 Å². The highest BCUT2D eigenvalue weighted by Crippen LogP contribution is 2.42. The monoisotopic (exact) mass is 322 g/mol. The van der Waals surface area contributed by atoms with E-state index in [4.69, 9.17) is 13.6 Å². The zero-order chi connectivity index (χ0) is 16.4. The molecule has 124 valence electrons. The largest absolute Gasteiger partial charge is 0.388 e. The first kappa shape index (κ1) is 17.7. The molecular formula is C18H30O3Si. The smallest absolute Gasteiger partial charge is 0.372 e.